The highest BCUT2D eigenvalue weighted by atomic mass is 32.1. The summed E-state index contributed by atoms with van der Waals surface area (Å²) in [5, 5.41) is 11.3. The van der Waals surface area contributed by atoms with E-state index in [4.69, 9.17) is 21.7 Å². The number of ether oxygens (including phenoxy) is 2. The number of carbonyl (C=O) groups excluding carboxylic acids is 1. The first kappa shape index (κ1) is 18.8. The molecule has 1 fully saturated rings. The Balaban J connectivity index is 1.67. The molecular formula is C19H21FN4O3S. The summed E-state index contributed by atoms with van der Waals surface area (Å²) in [4.78, 5) is 12.5. The van der Waals surface area contributed by atoms with Crippen LogP contribution in [0.4, 0.5) is 4.39 Å². The Kier molecular flexibility index (Phi) is 5.27. The predicted octanol–water partition coefficient (Wildman–Crippen LogP) is 2.04. The average Bonchev–Trinajstić information content (AvgIpc) is 3.26. The highest BCUT2D eigenvalue weighted by molar-refractivity contribution is 7.80. The van der Waals surface area contributed by atoms with E-state index < -0.39 is 5.97 Å². The average molecular weight is 404 g/mol. The topological polar surface area (TPSA) is 77.4 Å². The van der Waals surface area contributed by atoms with E-state index in [-0.39, 0.29) is 30.3 Å². The second-order valence-electron chi connectivity index (χ2n) is 6.69. The van der Waals surface area contributed by atoms with Crippen LogP contribution in [0.3, 0.4) is 0 Å². The van der Waals surface area contributed by atoms with Crippen LogP contribution in [0.15, 0.2) is 24.3 Å². The van der Waals surface area contributed by atoms with E-state index in [9.17, 15) is 9.18 Å². The zero-order chi connectivity index (χ0) is 19.7. The van der Waals surface area contributed by atoms with E-state index in [0.29, 0.717) is 30.3 Å². The van der Waals surface area contributed by atoms with Gasteiger partial charge in [-0.2, -0.15) is 5.10 Å². The van der Waals surface area contributed by atoms with Crippen LogP contribution >= 0.6 is 12.2 Å². The lowest BCUT2D eigenvalue weighted by atomic mass is 10.1. The van der Waals surface area contributed by atoms with Gasteiger partial charge in [-0.25, -0.2) is 13.9 Å². The maximum absolute atomic E-state index is 13.3. The molecule has 1 aromatic carbocycles. The quantitative estimate of drug-likeness (QED) is 0.583. The number of thiocarbonyl (C=S) groups is 1. The molecule has 1 aliphatic heterocycles. The minimum absolute atomic E-state index is 0.0770. The molecule has 1 aliphatic carbocycles. The third kappa shape index (κ3) is 3.59. The first-order valence-corrected chi connectivity index (χ1v) is 9.69. The molecule has 1 atom stereocenters. The Bertz CT molecular complexity index is 889. The molecule has 0 radical (unpaired) electrons. The number of aromatic nitrogens is 2. The molecule has 7 nitrogen and oxygen atoms in total. The molecule has 1 aromatic heterocycles. The van der Waals surface area contributed by atoms with Crippen LogP contribution in [0.5, 0.6) is 0 Å². The van der Waals surface area contributed by atoms with Crippen molar-refractivity contribution in [2.45, 2.75) is 32.0 Å². The maximum atomic E-state index is 13.3. The number of halogens is 1. The summed E-state index contributed by atoms with van der Waals surface area (Å²) >= 11 is 5.08. The summed E-state index contributed by atoms with van der Waals surface area (Å²) in [6, 6.07) is 6.03. The molecule has 28 heavy (non-hydrogen) atoms. The molecule has 0 bridgehead atoms. The second-order valence-corrected chi connectivity index (χ2v) is 7.10. The van der Waals surface area contributed by atoms with Crippen molar-refractivity contribution in [2.24, 2.45) is 0 Å². The lowest BCUT2D eigenvalue weighted by Gasteiger charge is -2.28. The third-order valence-electron chi connectivity index (χ3n) is 4.86. The number of hydrogen-bond donors (Lipinski definition) is 2. The number of rotatable bonds is 5. The summed E-state index contributed by atoms with van der Waals surface area (Å²) in [6.07, 6.45) is 1.10. The Morgan fingerprint density at radius 1 is 1.32 bits per heavy atom. The molecule has 2 aromatic rings. The first-order valence-electron chi connectivity index (χ1n) is 9.28. The normalized spacial score (nSPS) is 19.1. The largest absolute Gasteiger partial charge is 0.461 e. The molecule has 0 spiro atoms. The highest BCUT2D eigenvalue weighted by Gasteiger charge is 2.37. The van der Waals surface area contributed by atoms with Gasteiger partial charge in [0.1, 0.15) is 5.82 Å². The minimum Gasteiger partial charge on any atom is -0.461 e. The second kappa shape index (κ2) is 7.84. The fourth-order valence-corrected chi connectivity index (χ4v) is 3.78. The van der Waals surface area contributed by atoms with E-state index in [1.54, 1.807) is 23.7 Å². The molecule has 1 unspecified atom stereocenters. The third-order valence-corrected chi connectivity index (χ3v) is 5.15. The zero-order valence-corrected chi connectivity index (χ0v) is 16.2. The van der Waals surface area contributed by atoms with E-state index >= 15 is 0 Å². The monoisotopic (exact) mass is 404 g/mol. The van der Waals surface area contributed by atoms with Crippen LogP contribution in [0.1, 0.15) is 41.2 Å². The number of nitrogens with zero attached hydrogens (tertiary/aromatic N) is 2. The molecule has 0 amide bonds. The molecule has 2 heterocycles. The van der Waals surface area contributed by atoms with Crippen LogP contribution in [-0.4, -0.2) is 46.7 Å². The number of carbonyl (C=O) groups is 1. The van der Waals surface area contributed by atoms with E-state index in [0.717, 1.165) is 17.7 Å². The zero-order valence-electron chi connectivity index (χ0n) is 15.4. The van der Waals surface area contributed by atoms with Gasteiger partial charge >= 0.3 is 5.97 Å². The van der Waals surface area contributed by atoms with Gasteiger partial charge in [-0.1, -0.05) is 0 Å². The van der Waals surface area contributed by atoms with Gasteiger partial charge in [0.15, 0.2) is 10.8 Å². The molecule has 1 saturated heterocycles. The number of esters is 1. The number of benzene rings is 1. The molecule has 148 valence electrons. The van der Waals surface area contributed by atoms with Crippen LogP contribution < -0.4 is 10.6 Å². The van der Waals surface area contributed by atoms with E-state index in [1.807, 2.05) is 0 Å². The van der Waals surface area contributed by atoms with Gasteiger partial charge in [0.25, 0.3) is 0 Å². The van der Waals surface area contributed by atoms with Gasteiger partial charge in [-0.15, -0.1) is 0 Å². The Morgan fingerprint density at radius 3 is 2.71 bits per heavy atom. The van der Waals surface area contributed by atoms with E-state index in [2.05, 4.69) is 15.7 Å². The maximum Gasteiger partial charge on any atom is 0.359 e. The van der Waals surface area contributed by atoms with Gasteiger partial charge in [-0.3, -0.25) is 0 Å². The summed E-state index contributed by atoms with van der Waals surface area (Å²) < 4.78 is 26.5. The van der Waals surface area contributed by atoms with Gasteiger partial charge in [0.05, 0.1) is 30.2 Å². The number of hydrogen-bond acceptors (Lipinski definition) is 5. The lowest BCUT2D eigenvalue weighted by molar-refractivity contribution is -0.0109. The van der Waals surface area contributed by atoms with Crippen molar-refractivity contribution in [1.82, 2.24) is 20.4 Å². The molecule has 0 saturated carbocycles. The highest BCUT2D eigenvalue weighted by Crippen LogP contribution is 2.38. The Hall–Kier alpha value is -2.52. The van der Waals surface area contributed by atoms with Crippen molar-refractivity contribution in [1.29, 1.82) is 0 Å². The van der Waals surface area contributed by atoms with Gasteiger partial charge < -0.3 is 20.1 Å². The van der Waals surface area contributed by atoms with Crippen molar-refractivity contribution in [3.05, 3.63) is 47.0 Å². The van der Waals surface area contributed by atoms with Crippen molar-refractivity contribution in [3.63, 3.8) is 0 Å². The van der Waals surface area contributed by atoms with Gasteiger partial charge in [-0.05, 0) is 56.2 Å². The Labute approximate surface area is 167 Å². The standard InChI is InChI=1S/C19H21FN4O3S/c1-2-26-18(25)17-16-14(24(23-17)12-5-3-11(20)4-6-12)7-8-15(16)27-13-9-21-19(28)22-10-13/h3-6,13,15H,2,7-10H2,1H3,(H2,21,22,28). The lowest BCUT2D eigenvalue weighted by Crippen LogP contribution is -2.51. The molecule has 9 heteroatoms. The smallest absolute Gasteiger partial charge is 0.359 e. The Morgan fingerprint density at radius 2 is 2.04 bits per heavy atom. The number of nitrogens with one attached hydrogen (secondary N) is 2. The minimum atomic E-state index is -0.476. The summed E-state index contributed by atoms with van der Waals surface area (Å²) in [7, 11) is 0. The fraction of sp³-hybridized carbons (Fsp3) is 0.421. The molecule has 2 aliphatic rings. The first-order chi connectivity index (χ1) is 13.6. The molecular weight excluding hydrogens is 383 g/mol. The van der Waals surface area contributed by atoms with Crippen molar-refractivity contribution in [3.8, 4) is 5.69 Å². The van der Waals surface area contributed by atoms with Gasteiger partial charge in [0.2, 0.25) is 0 Å². The van der Waals surface area contributed by atoms with Crippen molar-refractivity contribution in [2.75, 3.05) is 19.7 Å². The van der Waals surface area contributed by atoms with Crippen LogP contribution in [0.2, 0.25) is 0 Å². The van der Waals surface area contributed by atoms with Crippen molar-refractivity contribution >= 4 is 23.3 Å². The van der Waals surface area contributed by atoms with Crippen LogP contribution in [0, 0.1) is 5.82 Å². The summed E-state index contributed by atoms with van der Waals surface area (Å²) in [5.41, 5.74) is 2.61. The van der Waals surface area contributed by atoms with Crippen LogP contribution in [-0.2, 0) is 15.9 Å². The van der Waals surface area contributed by atoms with Gasteiger partial charge in [0, 0.05) is 18.7 Å². The summed E-state index contributed by atoms with van der Waals surface area (Å²) in [5.74, 6) is -0.800. The molecule has 2 N–H and O–H groups in total. The van der Waals surface area contributed by atoms with E-state index in [1.165, 1.54) is 12.1 Å². The summed E-state index contributed by atoms with van der Waals surface area (Å²) in [6.45, 7) is 3.23. The predicted molar refractivity (Wildman–Crippen MR) is 104 cm³/mol. The fourth-order valence-electron chi connectivity index (χ4n) is 3.61. The molecule has 4 rings (SSSR count). The number of fused-ring (bicyclic) bond motifs is 1. The van der Waals surface area contributed by atoms with Crippen molar-refractivity contribution < 1.29 is 18.7 Å². The van der Waals surface area contributed by atoms with Crippen LogP contribution in [0.25, 0.3) is 5.69 Å². The SMILES string of the molecule is CCOC(=O)c1nn(-c2ccc(F)cc2)c2c1C(OC1CNC(=S)NC1)CC2.